The lowest BCUT2D eigenvalue weighted by Gasteiger charge is -2.27. The molecule has 1 aliphatic rings. The summed E-state index contributed by atoms with van der Waals surface area (Å²) >= 11 is 0. The molecule has 1 fully saturated rings. The van der Waals surface area contributed by atoms with Crippen LogP contribution in [0.25, 0.3) is 0 Å². The monoisotopic (exact) mass is 350 g/mol. The number of aryl methyl sites for hydroxylation is 1. The number of amides is 1. The maximum atomic E-state index is 12.6. The average Bonchev–Trinajstić information content (AvgIpc) is 2.78. The van der Waals surface area contributed by atoms with Gasteiger partial charge in [-0.25, -0.2) is 13.4 Å². The van der Waals surface area contributed by atoms with E-state index in [0.717, 1.165) is 12.1 Å². The zero-order valence-corrected chi connectivity index (χ0v) is 13.5. The second-order valence-electron chi connectivity index (χ2n) is 5.48. The molecule has 23 heavy (non-hydrogen) atoms. The Balaban J connectivity index is 2.28. The van der Waals surface area contributed by atoms with E-state index < -0.39 is 33.7 Å². The largest absolute Gasteiger partial charge is 0.433 e. The first-order valence-corrected chi connectivity index (χ1v) is 8.93. The number of hydrogen-bond acceptors (Lipinski definition) is 4. The Labute approximate surface area is 132 Å². The highest BCUT2D eigenvalue weighted by molar-refractivity contribution is 7.91. The van der Waals surface area contributed by atoms with Crippen LogP contribution in [0.5, 0.6) is 0 Å². The van der Waals surface area contributed by atoms with Crippen LogP contribution in [0, 0.1) is 6.92 Å². The van der Waals surface area contributed by atoms with Gasteiger partial charge in [-0.3, -0.25) is 4.79 Å². The highest BCUT2D eigenvalue weighted by atomic mass is 32.2. The van der Waals surface area contributed by atoms with E-state index in [2.05, 4.69) is 4.98 Å². The summed E-state index contributed by atoms with van der Waals surface area (Å²) in [5, 5.41) is 0. The second kappa shape index (κ2) is 6.10. The Morgan fingerprint density at radius 3 is 2.48 bits per heavy atom. The topological polar surface area (TPSA) is 67.3 Å². The molecule has 1 aromatic heterocycles. The van der Waals surface area contributed by atoms with Crippen molar-refractivity contribution < 1.29 is 26.4 Å². The Kier molecular flexibility index (Phi) is 4.70. The van der Waals surface area contributed by atoms with E-state index in [1.807, 2.05) is 0 Å². The predicted octanol–water partition coefficient (Wildman–Crippen LogP) is 2.06. The van der Waals surface area contributed by atoms with Crippen LogP contribution in [0.3, 0.4) is 0 Å². The summed E-state index contributed by atoms with van der Waals surface area (Å²) in [5.41, 5.74) is -1.02. The van der Waals surface area contributed by atoms with Crippen LogP contribution < -0.4 is 0 Å². The third-order valence-corrected chi connectivity index (χ3v) is 5.61. The van der Waals surface area contributed by atoms with Gasteiger partial charge in [-0.15, -0.1) is 0 Å². The van der Waals surface area contributed by atoms with Crippen molar-refractivity contribution in [1.82, 2.24) is 9.88 Å². The van der Waals surface area contributed by atoms with E-state index in [-0.39, 0.29) is 29.3 Å². The van der Waals surface area contributed by atoms with E-state index in [0.29, 0.717) is 6.42 Å². The van der Waals surface area contributed by atoms with Crippen molar-refractivity contribution in [2.45, 2.75) is 32.5 Å². The minimum Gasteiger partial charge on any atom is -0.335 e. The summed E-state index contributed by atoms with van der Waals surface area (Å²) < 4.78 is 61.0. The number of hydrogen-bond donors (Lipinski definition) is 0. The van der Waals surface area contributed by atoms with Crippen molar-refractivity contribution in [3.63, 3.8) is 0 Å². The standard InChI is InChI=1S/C14H17F3N2O3S/c1-3-19(10-6-7-23(21,22)8-10)13(20)11-4-5-12(14(15,16)17)18-9(11)2/h4-5,10H,3,6-8H2,1-2H3. The van der Waals surface area contributed by atoms with Crippen molar-refractivity contribution in [2.75, 3.05) is 18.1 Å². The molecule has 0 radical (unpaired) electrons. The highest BCUT2D eigenvalue weighted by Gasteiger charge is 2.36. The van der Waals surface area contributed by atoms with Gasteiger partial charge in [-0.2, -0.15) is 13.2 Å². The zero-order valence-electron chi connectivity index (χ0n) is 12.7. The van der Waals surface area contributed by atoms with Gasteiger partial charge in [0.25, 0.3) is 5.91 Å². The molecule has 1 aromatic rings. The minimum atomic E-state index is -4.57. The van der Waals surface area contributed by atoms with Crippen LogP contribution in [0.1, 0.15) is 35.1 Å². The van der Waals surface area contributed by atoms with Crippen LogP contribution in [0.4, 0.5) is 13.2 Å². The number of carbonyl (C=O) groups is 1. The fourth-order valence-corrected chi connectivity index (χ4v) is 4.42. The molecule has 0 spiro atoms. The van der Waals surface area contributed by atoms with Crippen molar-refractivity contribution in [3.8, 4) is 0 Å². The number of aromatic nitrogens is 1. The minimum absolute atomic E-state index is 0.0195. The summed E-state index contributed by atoms with van der Waals surface area (Å²) in [6.45, 7) is 3.32. The molecule has 0 N–H and O–H groups in total. The average molecular weight is 350 g/mol. The van der Waals surface area contributed by atoms with Gasteiger partial charge in [0.05, 0.1) is 22.8 Å². The summed E-state index contributed by atoms with van der Waals surface area (Å²) in [7, 11) is -3.16. The lowest BCUT2D eigenvalue weighted by molar-refractivity contribution is -0.141. The van der Waals surface area contributed by atoms with Crippen LogP contribution in [-0.2, 0) is 16.0 Å². The molecule has 1 saturated heterocycles. The first-order valence-electron chi connectivity index (χ1n) is 7.11. The molecule has 9 heteroatoms. The quantitative estimate of drug-likeness (QED) is 0.837. The molecule has 2 heterocycles. The Morgan fingerprint density at radius 1 is 1.39 bits per heavy atom. The molecule has 1 amide bonds. The summed E-state index contributed by atoms with van der Waals surface area (Å²) in [5.74, 6) is -0.584. The fourth-order valence-electron chi connectivity index (χ4n) is 2.69. The van der Waals surface area contributed by atoms with Crippen LogP contribution in [-0.4, -0.2) is 48.3 Å². The molecular weight excluding hydrogens is 333 g/mol. The fraction of sp³-hybridized carbons (Fsp3) is 0.571. The maximum absolute atomic E-state index is 12.6. The van der Waals surface area contributed by atoms with Crippen molar-refractivity contribution in [3.05, 3.63) is 29.1 Å². The number of rotatable bonds is 3. The number of nitrogens with zero attached hydrogens (tertiary/aromatic N) is 2. The van der Waals surface area contributed by atoms with Gasteiger partial charge in [0.15, 0.2) is 9.84 Å². The van der Waals surface area contributed by atoms with E-state index in [1.165, 1.54) is 11.8 Å². The lowest BCUT2D eigenvalue weighted by Crippen LogP contribution is -2.41. The van der Waals surface area contributed by atoms with Gasteiger partial charge in [0.2, 0.25) is 0 Å². The SMILES string of the molecule is CCN(C(=O)c1ccc(C(F)(F)F)nc1C)C1CCS(=O)(=O)C1. The summed E-state index contributed by atoms with van der Waals surface area (Å²) in [6, 6.07) is 1.41. The Morgan fingerprint density at radius 2 is 2.04 bits per heavy atom. The number of sulfone groups is 1. The summed E-state index contributed by atoms with van der Waals surface area (Å²) in [6.07, 6.45) is -4.23. The molecule has 1 aliphatic heterocycles. The van der Waals surface area contributed by atoms with Gasteiger partial charge >= 0.3 is 6.18 Å². The lowest BCUT2D eigenvalue weighted by atomic mass is 10.1. The third-order valence-electron chi connectivity index (χ3n) is 3.86. The van der Waals surface area contributed by atoms with Gasteiger partial charge < -0.3 is 4.90 Å². The second-order valence-corrected chi connectivity index (χ2v) is 7.70. The molecular formula is C14H17F3N2O3S. The molecule has 0 bridgehead atoms. The Bertz CT molecular complexity index is 716. The molecule has 128 valence electrons. The number of pyridine rings is 1. The normalized spacial score (nSPS) is 20.5. The molecule has 0 saturated carbocycles. The third kappa shape index (κ3) is 3.82. The van der Waals surface area contributed by atoms with E-state index in [4.69, 9.17) is 0 Å². The predicted molar refractivity (Wildman–Crippen MR) is 77.7 cm³/mol. The van der Waals surface area contributed by atoms with E-state index >= 15 is 0 Å². The Hall–Kier alpha value is -1.64. The van der Waals surface area contributed by atoms with Gasteiger partial charge in [-0.1, -0.05) is 0 Å². The van der Waals surface area contributed by atoms with Crippen molar-refractivity contribution in [1.29, 1.82) is 0 Å². The van der Waals surface area contributed by atoms with Crippen LogP contribution in [0.2, 0.25) is 0 Å². The molecule has 1 atom stereocenters. The molecule has 0 aromatic carbocycles. The number of carbonyl (C=O) groups excluding carboxylic acids is 1. The highest BCUT2D eigenvalue weighted by Crippen LogP contribution is 2.29. The van der Waals surface area contributed by atoms with Gasteiger partial charge in [0.1, 0.15) is 5.69 Å². The zero-order chi connectivity index (χ0) is 17.4. The summed E-state index contributed by atoms with van der Waals surface area (Å²) in [4.78, 5) is 17.4. The van der Waals surface area contributed by atoms with Gasteiger partial charge in [-0.05, 0) is 32.4 Å². The van der Waals surface area contributed by atoms with Crippen molar-refractivity contribution in [2.24, 2.45) is 0 Å². The smallest absolute Gasteiger partial charge is 0.335 e. The van der Waals surface area contributed by atoms with E-state index in [1.54, 1.807) is 6.92 Å². The van der Waals surface area contributed by atoms with Gasteiger partial charge in [0, 0.05) is 12.6 Å². The maximum Gasteiger partial charge on any atom is 0.433 e. The van der Waals surface area contributed by atoms with E-state index in [9.17, 15) is 26.4 Å². The molecule has 0 aliphatic carbocycles. The van der Waals surface area contributed by atoms with Crippen LogP contribution >= 0.6 is 0 Å². The first kappa shape index (κ1) is 17.7. The van der Waals surface area contributed by atoms with Crippen LogP contribution in [0.15, 0.2) is 12.1 Å². The molecule has 1 unspecified atom stereocenters. The molecule has 2 rings (SSSR count). The first-order chi connectivity index (χ1) is 10.5. The molecule has 5 nitrogen and oxygen atoms in total. The number of alkyl halides is 3. The van der Waals surface area contributed by atoms with Crippen molar-refractivity contribution >= 4 is 15.7 Å². The number of halogens is 3.